The van der Waals surface area contributed by atoms with E-state index in [-0.39, 0.29) is 5.56 Å². The van der Waals surface area contributed by atoms with Crippen molar-refractivity contribution in [2.75, 3.05) is 0 Å². The Bertz CT molecular complexity index is 955. The lowest BCUT2D eigenvalue weighted by Crippen LogP contribution is -2.24. The zero-order valence-corrected chi connectivity index (χ0v) is 13.3. The zero-order chi connectivity index (χ0) is 15.7. The largest absolute Gasteiger partial charge is 0.293 e. The van der Waals surface area contributed by atoms with Crippen LogP contribution in [0.5, 0.6) is 0 Å². The highest BCUT2D eigenvalue weighted by Crippen LogP contribution is 2.15. The summed E-state index contributed by atoms with van der Waals surface area (Å²) in [5, 5.41) is 8.82. The predicted molar refractivity (Wildman–Crippen MR) is 86.4 cm³/mol. The van der Waals surface area contributed by atoms with Crippen LogP contribution in [-0.4, -0.2) is 14.5 Å². The summed E-state index contributed by atoms with van der Waals surface area (Å²) >= 11 is 3.36. The molecule has 0 saturated carbocycles. The highest BCUT2D eigenvalue weighted by Gasteiger charge is 2.10. The second-order valence-corrected chi connectivity index (χ2v) is 5.82. The number of fused-ring (bicyclic) bond motifs is 1. The highest BCUT2D eigenvalue weighted by molar-refractivity contribution is 9.10. The maximum absolute atomic E-state index is 12.4. The topological polar surface area (TPSA) is 71.6 Å². The van der Waals surface area contributed by atoms with Crippen molar-refractivity contribution in [1.29, 1.82) is 5.26 Å². The summed E-state index contributed by atoms with van der Waals surface area (Å²) in [5.41, 5.74) is 3.05. The van der Waals surface area contributed by atoms with Crippen molar-refractivity contribution >= 4 is 27.1 Å². The Morgan fingerprint density at radius 3 is 2.73 bits per heavy atom. The van der Waals surface area contributed by atoms with Crippen LogP contribution in [0.15, 0.2) is 45.8 Å². The van der Waals surface area contributed by atoms with Crippen molar-refractivity contribution in [3.05, 3.63) is 68.2 Å². The van der Waals surface area contributed by atoms with Gasteiger partial charge in [0.05, 0.1) is 11.6 Å². The molecule has 0 atom stereocenters. The van der Waals surface area contributed by atoms with Crippen molar-refractivity contribution in [2.45, 2.75) is 6.42 Å². The van der Waals surface area contributed by atoms with Gasteiger partial charge in [0.2, 0.25) is 0 Å². The minimum absolute atomic E-state index is 0.160. The first-order valence-electron chi connectivity index (χ1n) is 6.58. The van der Waals surface area contributed by atoms with Crippen LogP contribution in [0.3, 0.4) is 0 Å². The molecule has 2 heterocycles. The summed E-state index contributed by atoms with van der Waals surface area (Å²) in [7, 11) is 1.69. The van der Waals surface area contributed by atoms with E-state index in [2.05, 4.69) is 32.0 Å². The smallest absolute Gasteiger partial charge is 0.273 e. The molecule has 108 valence electrons. The van der Waals surface area contributed by atoms with Crippen LogP contribution in [0.25, 0.3) is 11.2 Å². The average molecular weight is 355 g/mol. The van der Waals surface area contributed by atoms with Crippen molar-refractivity contribution in [3.8, 4) is 6.07 Å². The third-order valence-corrected chi connectivity index (χ3v) is 3.83. The van der Waals surface area contributed by atoms with Gasteiger partial charge in [0, 0.05) is 24.1 Å². The molecule has 3 aromatic rings. The van der Waals surface area contributed by atoms with Crippen molar-refractivity contribution in [3.63, 3.8) is 0 Å². The Hall–Kier alpha value is -2.52. The van der Waals surface area contributed by atoms with Crippen LogP contribution >= 0.6 is 15.9 Å². The molecule has 0 radical (unpaired) electrons. The van der Waals surface area contributed by atoms with Gasteiger partial charge in [-0.25, -0.2) is 9.97 Å². The molecule has 0 N–H and O–H groups in total. The summed E-state index contributed by atoms with van der Waals surface area (Å²) in [6.45, 7) is 0. The number of pyridine rings is 1. The number of nitriles is 1. The fourth-order valence-corrected chi connectivity index (χ4v) is 2.57. The number of hydrogen-bond acceptors (Lipinski definition) is 4. The van der Waals surface area contributed by atoms with Gasteiger partial charge in [-0.3, -0.25) is 9.36 Å². The van der Waals surface area contributed by atoms with Gasteiger partial charge in [0.1, 0.15) is 11.2 Å². The number of hydrogen-bond donors (Lipinski definition) is 0. The van der Waals surface area contributed by atoms with Crippen molar-refractivity contribution in [2.24, 2.45) is 7.05 Å². The summed E-state index contributed by atoms with van der Waals surface area (Å²) in [4.78, 5) is 21.1. The van der Waals surface area contributed by atoms with E-state index in [9.17, 15) is 4.79 Å². The minimum atomic E-state index is -0.160. The third kappa shape index (κ3) is 2.63. The summed E-state index contributed by atoms with van der Waals surface area (Å²) in [6.07, 6.45) is 2.06. The Morgan fingerprint density at radius 1 is 1.32 bits per heavy atom. The van der Waals surface area contributed by atoms with Gasteiger partial charge >= 0.3 is 0 Å². The number of benzene rings is 1. The first kappa shape index (κ1) is 14.4. The van der Waals surface area contributed by atoms with E-state index >= 15 is 0 Å². The maximum atomic E-state index is 12.4. The normalized spacial score (nSPS) is 10.6. The van der Waals surface area contributed by atoms with Crippen LogP contribution < -0.4 is 5.56 Å². The summed E-state index contributed by atoms with van der Waals surface area (Å²) < 4.78 is 2.32. The summed E-state index contributed by atoms with van der Waals surface area (Å²) in [6, 6.07) is 11.1. The lowest BCUT2D eigenvalue weighted by Gasteiger charge is -2.07. The monoisotopic (exact) mass is 354 g/mol. The molecule has 0 aliphatic carbocycles. The third-order valence-electron chi connectivity index (χ3n) is 3.39. The fraction of sp³-hybridized carbons (Fsp3) is 0.125. The second kappa shape index (κ2) is 5.70. The van der Waals surface area contributed by atoms with Crippen molar-refractivity contribution in [1.82, 2.24) is 14.5 Å². The molecule has 22 heavy (non-hydrogen) atoms. The zero-order valence-electron chi connectivity index (χ0n) is 11.7. The molecule has 0 unspecified atom stereocenters. The Labute approximate surface area is 135 Å². The highest BCUT2D eigenvalue weighted by atomic mass is 79.9. The molecule has 0 spiro atoms. The van der Waals surface area contributed by atoms with Gasteiger partial charge < -0.3 is 0 Å². The van der Waals surface area contributed by atoms with E-state index in [1.165, 1.54) is 4.57 Å². The Kier molecular flexibility index (Phi) is 3.73. The molecular weight excluding hydrogens is 344 g/mol. The van der Waals surface area contributed by atoms with Gasteiger partial charge in [0.15, 0.2) is 5.65 Å². The second-order valence-electron chi connectivity index (χ2n) is 4.90. The first-order valence-corrected chi connectivity index (χ1v) is 7.38. The first-order chi connectivity index (χ1) is 10.6. The van der Waals surface area contributed by atoms with E-state index in [0.717, 1.165) is 10.0 Å². The maximum Gasteiger partial charge on any atom is 0.273 e. The average Bonchev–Trinajstić information content (AvgIpc) is 2.53. The predicted octanol–water partition coefficient (Wildman–Crippen LogP) is 2.55. The SMILES string of the molecule is Cn1c(=O)c(Cc2ccc(C#N)cc2)nc2cc(Br)cnc21. The van der Waals surface area contributed by atoms with E-state index < -0.39 is 0 Å². The molecule has 0 saturated heterocycles. The minimum Gasteiger partial charge on any atom is -0.293 e. The van der Waals surface area contributed by atoms with Gasteiger partial charge in [-0.05, 0) is 39.7 Å². The molecule has 0 fully saturated rings. The molecule has 0 amide bonds. The van der Waals surface area contributed by atoms with Crippen LogP contribution in [-0.2, 0) is 13.5 Å². The molecule has 0 bridgehead atoms. The molecule has 0 aliphatic heterocycles. The fourth-order valence-electron chi connectivity index (χ4n) is 2.25. The van der Waals surface area contributed by atoms with Gasteiger partial charge in [-0.1, -0.05) is 12.1 Å². The lowest BCUT2D eigenvalue weighted by molar-refractivity contribution is 0.840. The van der Waals surface area contributed by atoms with Gasteiger partial charge in [0.25, 0.3) is 5.56 Å². The Balaban J connectivity index is 2.08. The number of aromatic nitrogens is 3. The number of nitrogens with zero attached hydrogens (tertiary/aromatic N) is 4. The van der Waals surface area contributed by atoms with Crippen LogP contribution in [0.4, 0.5) is 0 Å². The number of aryl methyl sites for hydroxylation is 1. The van der Waals surface area contributed by atoms with Gasteiger partial charge in [-0.2, -0.15) is 5.26 Å². The molecule has 0 aliphatic rings. The molecule has 3 rings (SSSR count). The number of rotatable bonds is 2. The van der Waals surface area contributed by atoms with Gasteiger partial charge in [-0.15, -0.1) is 0 Å². The van der Waals surface area contributed by atoms with Crippen LogP contribution in [0.2, 0.25) is 0 Å². The van der Waals surface area contributed by atoms with E-state index in [1.54, 1.807) is 25.4 Å². The molecule has 1 aromatic carbocycles. The van der Waals surface area contributed by atoms with E-state index in [4.69, 9.17) is 5.26 Å². The van der Waals surface area contributed by atoms with Crippen LogP contribution in [0.1, 0.15) is 16.8 Å². The molecule has 5 nitrogen and oxygen atoms in total. The van der Waals surface area contributed by atoms with Crippen molar-refractivity contribution < 1.29 is 0 Å². The molecule has 2 aromatic heterocycles. The quantitative estimate of drug-likeness (QED) is 0.708. The molecule has 6 heteroatoms. The molecular formula is C16H11BrN4O. The summed E-state index contributed by atoms with van der Waals surface area (Å²) in [5.74, 6) is 0. The number of halogens is 1. The standard InChI is InChI=1S/C16H11BrN4O/c1-21-15-13(7-12(17)9-19-15)20-14(16(21)22)6-10-2-4-11(8-18)5-3-10/h2-5,7,9H,6H2,1H3. The van der Waals surface area contributed by atoms with Crippen LogP contribution in [0, 0.1) is 11.3 Å². The van der Waals surface area contributed by atoms with E-state index in [1.807, 2.05) is 18.2 Å². The lowest BCUT2D eigenvalue weighted by atomic mass is 10.1. The Morgan fingerprint density at radius 2 is 2.05 bits per heavy atom. The van der Waals surface area contributed by atoms with E-state index in [0.29, 0.717) is 28.8 Å².